The average Bonchev–Trinajstić information content (AvgIpc) is 3.32. The Bertz CT molecular complexity index is 810. The van der Waals surface area contributed by atoms with Crippen molar-refractivity contribution < 1.29 is 14.4 Å². The second kappa shape index (κ2) is 4.72. The number of hydrogen-bond donors (Lipinski definition) is 0. The number of benzene rings is 2. The third-order valence-electron chi connectivity index (χ3n) is 5.15. The summed E-state index contributed by atoms with van der Waals surface area (Å²) in [5.41, 5.74) is 1.56. The molecule has 2 aliphatic carbocycles. The molecule has 23 heavy (non-hydrogen) atoms. The predicted molar refractivity (Wildman–Crippen MR) is 85.8 cm³/mol. The first-order valence-corrected chi connectivity index (χ1v) is 7.91. The standard InChI is InChI=1S/C20H16O3/c1-2-12-7-9-13(10-8-12)17(21)16-11-20(16)18(22)14-5-3-4-6-15(14)19(20)23/h3-10,16H,2,11H2,1H3. The lowest BCUT2D eigenvalue weighted by Crippen LogP contribution is -2.22. The molecule has 2 aromatic carbocycles. The van der Waals surface area contributed by atoms with E-state index in [-0.39, 0.29) is 17.3 Å². The Kier molecular flexibility index (Phi) is 2.89. The lowest BCUT2D eigenvalue weighted by Gasteiger charge is -2.06. The molecule has 0 radical (unpaired) electrons. The smallest absolute Gasteiger partial charge is 0.178 e. The second-order valence-electron chi connectivity index (χ2n) is 6.35. The highest BCUT2D eigenvalue weighted by Gasteiger charge is 2.71. The minimum absolute atomic E-state index is 0.0952. The summed E-state index contributed by atoms with van der Waals surface area (Å²) in [6.45, 7) is 2.06. The van der Waals surface area contributed by atoms with Crippen LogP contribution in [0.15, 0.2) is 48.5 Å². The summed E-state index contributed by atoms with van der Waals surface area (Å²) in [6, 6.07) is 14.3. The van der Waals surface area contributed by atoms with E-state index in [2.05, 4.69) is 6.92 Å². The molecule has 0 aliphatic heterocycles. The fraction of sp³-hybridized carbons (Fsp3) is 0.250. The molecule has 4 rings (SSSR count). The van der Waals surface area contributed by atoms with Gasteiger partial charge in [-0.3, -0.25) is 14.4 Å². The molecule has 0 amide bonds. The topological polar surface area (TPSA) is 51.2 Å². The van der Waals surface area contributed by atoms with Gasteiger partial charge in [0.25, 0.3) is 0 Å². The molecule has 1 unspecified atom stereocenters. The van der Waals surface area contributed by atoms with Crippen LogP contribution < -0.4 is 0 Å². The maximum atomic E-state index is 12.7. The van der Waals surface area contributed by atoms with Gasteiger partial charge < -0.3 is 0 Å². The van der Waals surface area contributed by atoms with Crippen molar-refractivity contribution in [2.24, 2.45) is 11.3 Å². The van der Waals surface area contributed by atoms with E-state index in [9.17, 15) is 14.4 Å². The number of Topliss-reactive ketones (excluding diaryl/α,β-unsaturated/α-hetero) is 3. The van der Waals surface area contributed by atoms with Crippen LogP contribution in [0.3, 0.4) is 0 Å². The monoisotopic (exact) mass is 304 g/mol. The van der Waals surface area contributed by atoms with Gasteiger partial charge in [-0.15, -0.1) is 0 Å². The van der Waals surface area contributed by atoms with E-state index < -0.39 is 11.3 Å². The van der Waals surface area contributed by atoms with Crippen LogP contribution in [0.5, 0.6) is 0 Å². The number of rotatable bonds is 3. The first kappa shape index (κ1) is 14.1. The van der Waals surface area contributed by atoms with E-state index in [1.807, 2.05) is 12.1 Å². The summed E-state index contributed by atoms with van der Waals surface area (Å²) in [5, 5.41) is 0. The van der Waals surface area contributed by atoms with Gasteiger partial charge >= 0.3 is 0 Å². The first-order chi connectivity index (χ1) is 11.1. The third-order valence-corrected chi connectivity index (χ3v) is 5.15. The molecule has 1 atom stereocenters. The maximum absolute atomic E-state index is 12.7. The summed E-state index contributed by atoms with van der Waals surface area (Å²) >= 11 is 0. The lowest BCUT2D eigenvalue weighted by atomic mass is 9.93. The highest BCUT2D eigenvalue weighted by molar-refractivity contribution is 6.34. The molecule has 0 N–H and O–H groups in total. The molecule has 3 heteroatoms. The van der Waals surface area contributed by atoms with Crippen LogP contribution in [0.1, 0.15) is 50.0 Å². The van der Waals surface area contributed by atoms with E-state index in [4.69, 9.17) is 0 Å². The van der Waals surface area contributed by atoms with Crippen molar-refractivity contribution in [2.75, 3.05) is 0 Å². The van der Waals surface area contributed by atoms with Crippen molar-refractivity contribution in [1.82, 2.24) is 0 Å². The molecule has 3 nitrogen and oxygen atoms in total. The number of fused-ring (bicyclic) bond motifs is 1. The summed E-state index contributed by atoms with van der Waals surface area (Å²) in [6.07, 6.45) is 1.25. The zero-order valence-electron chi connectivity index (χ0n) is 12.8. The Morgan fingerprint density at radius 3 is 2.09 bits per heavy atom. The van der Waals surface area contributed by atoms with Crippen molar-refractivity contribution in [3.8, 4) is 0 Å². The van der Waals surface area contributed by atoms with Crippen LogP contribution in [-0.4, -0.2) is 17.3 Å². The largest absolute Gasteiger partial charge is 0.294 e. The highest BCUT2D eigenvalue weighted by Crippen LogP contribution is 2.61. The summed E-state index contributed by atoms with van der Waals surface area (Å²) in [4.78, 5) is 38.0. The van der Waals surface area contributed by atoms with Gasteiger partial charge in [0, 0.05) is 22.6 Å². The number of hydrogen-bond acceptors (Lipinski definition) is 3. The van der Waals surface area contributed by atoms with Crippen molar-refractivity contribution in [3.63, 3.8) is 0 Å². The molecule has 1 fully saturated rings. The normalized spacial score (nSPS) is 20.7. The number of ketones is 3. The Labute approximate surface area is 134 Å². The van der Waals surface area contributed by atoms with Gasteiger partial charge in [-0.25, -0.2) is 0 Å². The molecule has 1 spiro atoms. The highest BCUT2D eigenvalue weighted by atomic mass is 16.2. The molecule has 0 heterocycles. The van der Waals surface area contributed by atoms with Gasteiger partial charge in [0.2, 0.25) is 0 Å². The van der Waals surface area contributed by atoms with Crippen LogP contribution >= 0.6 is 0 Å². The van der Waals surface area contributed by atoms with Crippen LogP contribution in [0.2, 0.25) is 0 Å². The molecule has 1 saturated carbocycles. The number of aryl methyl sites for hydroxylation is 1. The van der Waals surface area contributed by atoms with Gasteiger partial charge in [-0.05, 0) is 18.4 Å². The zero-order chi connectivity index (χ0) is 16.2. The van der Waals surface area contributed by atoms with Crippen LogP contribution in [0.4, 0.5) is 0 Å². The Morgan fingerprint density at radius 1 is 1.00 bits per heavy atom. The number of carbonyl (C=O) groups is 3. The van der Waals surface area contributed by atoms with Crippen LogP contribution in [0, 0.1) is 11.3 Å². The number of carbonyl (C=O) groups excluding carboxylic acids is 3. The third kappa shape index (κ3) is 1.79. The summed E-state index contributed by atoms with van der Waals surface area (Å²) in [7, 11) is 0. The van der Waals surface area contributed by atoms with Gasteiger partial charge in [-0.2, -0.15) is 0 Å². The van der Waals surface area contributed by atoms with Crippen molar-refractivity contribution in [3.05, 3.63) is 70.8 Å². The Hall–Kier alpha value is -2.55. The van der Waals surface area contributed by atoms with Crippen molar-refractivity contribution in [2.45, 2.75) is 19.8 Å². The fourth-order valence-electron chi connectivity index (χ4n) is 3.65. The van der Waals surface area contributed by atoms with Crippen molar-refractivity contribution >= 4 is 17.3 Å². The fourth-order valence-corrected chi connectivity index (χ4v) is 3.65. The van der Waals surface area contributed by atoms with E-state index in [1.165, 1.54) is 0 Å². The van der Waals surface area contributed by atoms with Crippen LogP contribution in [-0.2, 0) is 6.42 Å². The van der Waals surface area contributed by atoms with Gasteiger partial charge in [0.1, 0.15) is 5.41 Å². The molecule has 114 valence electrons. The molecule has 2 aromatic rings. The minimum Gasteiger partial charge on any atom is -0.294 e. The molecular weight excluding hydrogens is 288 g/mol. The zero-order valence-corrected chi connectivity index (χ0v) is 12.8. The first-order valence-electron chi connectivity index (χ1n) is 7.91. The van der Waals surface area contributed by atoms with Crippen molar-refractivity contribution in [1.29, 1.82) is 0 Å². The second-order valence-corrected chi connectivity index (χ2v) is 6.35. The Morgan fingerprint density at radius 2 is 1.57 bits per heavy atom. The molecule has 2 aliphatic rings. The summed E-state index contributed by atoms with van der Waals surface area (Å²) < 4.78 is 0. The Balaban J connectivity index is 1.66. The van der Waals surface area contributed by atoms with E-state index in [0.717, 1.165) is 12.0 Å². The molecule has 0 aromatic heterocycles. The SMILES string of the molecule is CCc1ccc(C(=O)C2CC23C(=O)c2ccccc2C3=O)cc1. The molecular formula is C20H16O3. The maximum Gasteiger partial charge on any atom is 0.178 e. The quantitative estimate of drug-likeness (QED) is 0.644. The van der Waals surface area contributed by atoms with Gasteiger partial charge in [-0.1, -0.05) is 55.5 Å². The lowest BCUT2D eigenvalue weighted by molar-refractivity contribution is 0.0766. The molecule has 0 bridgehead atoms. The predicted octanol–water partition coefficient (Wildman–Crippen LogP) is 3.52. The summed E-state index contributed by atoms with van der Waals surface area (Å²) in [5.74, 6) is -0.965. The average molecular weight is 304 g/mol. The van der Waals surface area contributed by atoms with E-state index >= 15 is 0 Å². The van der Waals surface area contributed by atoms with E-state index in [0.29, 0.717) is 23.1 Å². The molecule has 0 saturated heterocycles. The van der Waals surface area contributed by atoms with Gasteiger partial charge in [0.05, 0.1) is 0 Å². The minimum atomic E-state index is -1.12. The van der Waals surface area contributed by atoms with Crippen LogP contribution in [0.25, 0.3) is 0 Å². The van der Waals surface area contributed by atoms with E-state index in [1.54, 1.807) is 36.4 Å². The van der Waals surface area contributed by atoms with Gasteiger partial charge in [0.15, 0.2) is 17.3 Å².